The van der Waals surface area contributed by atoms with Crippen molar-refractivity contribution in [2.45, 2.75) is 85.2 Å². The summed E-state index contributed by atoms with van der Waals surface area (Å²) in [5, 5.41) is 0.985. The smallest absolute Gasteiger partial charge is 0.442 e. The minimum atomic E-state index is -1.18. The fourth-order valence-electron chi connectivity index (χ4n) is 2.36. The molecule has 0 spiro atoms. The Morgan fingerprint density at radius 3 is 2.32 bits per heavy atom. The highest BCUT2D eigenvalue weighted by atomic mass is 79.9. The van der Waals surface area contributed by atoms with Crippen LogP contribution in [0.1, 0.15) is 41.5 Å². The van der Waals surface area contributed by atoms with Crippen molar-refractivity contribution in [3.05, 3.63) is 10.9 Å². The van der Waals surface area contributed by atoms with Gasteiger partial charge in [-0.05, 0) is 63.5 Å². The van der Waals surface area contributed by atoms with E-state index >= 15 is 0 Å². The van der Waals surface area contributed by atoms with Crippen molar-refractivity contribution in [2.75, 3.05) is 11.7 Å². The van der Waals surface area contributed by atoms with Gasteiger partial charge >= 0.3 is 6.09 Å². The number of fused-ring (bicyclic) bond motifs is 1. The Morgan fingerprint density at radius 1 is 1.13 bits per heavy atom. The van der Waals surface area contributed by atoms with Crippen LogP contribution in [0, 0.1) is 0 Å². The van der Waals surface area contributed by atoms with Gasteiger partial charge in [-0.3, -0.25) is 9.40 Å². The first kappa shape index (κ1) is 25.7. The lowest BCUT2D eigenvalue weighted by molar-refractivity contribution is -0.0372. The maximum Gasteiger partial charge on any atom is 0.442 e. The Morgan fingerprint density at radius 2 is 1.77 bits per heavy atom. The molecule has 0 N–H and O–H groups in total. The fourth-order valence-corrected chi connectivity index (χ4v) is 3.56. The molecule has 2 rings (SSSR count). The SMILES string of the molecule is CC(C)(C)OC(=O)N(OC(C)(C)C)c1nc(Br)c2ncn(COCC[Si](C)(C)C)c2n1. The largest absolute Gasteiger partial charge is 0.442 e. The normalized spacial score (nSPS) is 13.0. The van der Waals surface area contributed by atoms with Crippen LogP contribution in [-0.2, 0) is 21.0 Å². The Labute approximate surface area is 193 Å². The zero-order chi connectivity index (χ0) is 23.6. The number of amides is 1. The van der Waals surface area contributed by atoms with E-state index in [2.05, 4.69) is 50.5 Å². The Hall–Kier alpha value is -1.56. The monoisotopic (exact) mass is 515 g/mol. The third-order valence-corrected chi connectivity index (χ3v) is 6.00. The first-order chi connectivity index (χ1) is 14.1. The molecular formula is C20H34BrN5O4Si. The topological polar surface area (TPSA) is 91.6 Å². The van der Waals surface area contributed by atoms with Crippen molar-refractivity contribution in [1.29, 1.82) is 0 Å². The highest BCUT2D eigenvalue weighted by molar-refractivity contribution is 9.10. The lowest BCUT2D eigenvalue weighted by Crippen LogP contribution is -2.42. The van der Waals surface area contributed by atoms with Gasteiger partial charge in [0.05, 0.1) is 11.9 Å². The van der Waals surface area contributed by atoms with E-state index < -0.39 is 25.4 Å². The minimum absolute atomic E-state index is 0.0485. The quantitative estimate of drug-likeness (QED) is 0.211. The second-order valence-electron chi connectivity index (χ2n) is 10.5. The van der Waals surface area contributed by atoms with Gasteiger partial charge in [0, 0.05) is 14.7 Å². The fraction of sp³-hybridized carbons (Fsp3) is 0.700. The lowest BCUT2D eigenvalue weighted by Gasteiger charge is -2.30. The van der Waals surface area contributed by atoms with Crippen molar-refractivity contribution in [3.8, 4) is 0 Å². The van der Waals surface area contributed by atoms with Crippen LogP contribution in [0.25, 0.3) is 11.2 Å². The van der Waals surface area contributed by atoms with Crippen LogP contribution >= 0.6 is 15.9 Å². The number of rotatable bonds is 7. The summed E-state index contributed by atoms with van der Waals surface area (Å²) >= 11 is 3.43. The first-order valence-electron chi connectivity index (χ1n) is 10.2. The maximum atomic E-state index is 12.9. The number of hydrogen-bond acceptors (Lipinski definition) is 7. The van der Waals surface area contributed by atoms with Gasteiger partial charge < -0.3 is 9.47 Å². The number of nitrogens with zero attached hydrogens (tertiary/aromatic N) is 5. The molecule has 31 heavy (non-hydrogen) atoms. The molecule has 1 amide bonds. The van der Waals surface area contributed by atoms with Crippen LogP contribution in [0.5, 0.6) is 0 Å². The number of halogens is 1. The van der Waals surface area contributed by atoms with E-state index in [9.17, 15) is 4.79 Å². The summed E-state index contributed by atoms with van der Waals surface area (Å²) in [6.07, 6.45) is 0.941. The number of anilines is 1. The van der Waals surface area contributed by atoms with Gasteiger partial charge in [-0.1, -0.05) is 19.6 Å². The summed E-state index contributed by atoms with van der Waals surface area (Å²) in [5.41, 5.74) is -0.292. The zero-order valence-corrected chi connectivity index (χ0v) is 22.5. The average molecular weight is 517 g/mol. The predicted octanol–water partition coefficient (Wildman–Crippen LogP) is 5.37. The summed E-state index contributed by atoms with van der Waals surface area (Å²) in [4.78, 5) is 32.0. The van der Waals surface area contributed by atoms with Gasteiger partial charge in [0.15, 0.2) is 5.65 Å². The Bertz CT molecular complexity index is 915. The Balaban J connectivity index is 2.36. The number of hydrogen-bond donors (Lipinski definition) is 0. The third-order valence-electron chi connectivity index (χ3n) is 3.74. The second kappa shape index (κ2) is 9.51. The van der Waals surface area contributed by atoms with Crippen molar-refractivity contribution >= 4 is 47.2 Å². The minimum Gasteiger partial charge on any atom is -0.442 e. The number of aromatic nitrogens is 4. The predicted molar refractivity (Wildman–Crippen MR) is 127 cm³/mol. The molecule has 11 heteroatoms. The third kappa shape index (κ3) is 8.13. The molecule has 0 radical (unpaired) electrons. The van der Waals surface area contributed by atoms with E-state index in [4.69, 9.17) is 14.3 Å². The zero-order valence-electron chi connectivity index (χ0n) is 19.9. The number of ether oxygens (including phenoxy) is 2. The van der Waals surface area contributed by atoms with Crippen LogP contribution in [-0.4, -0.2) is 51.5 Å². The molecule has 0 saturated heterocycles. The van der Waals surface area contributed by atoms with E-state index in [0.717, 1.165) is 11.1 Å². The highest BCUT2D eigenvalue weighted by Gasteiger charge is 2.31. The summed E-state index contributed by atoms with van der Waals surface area (Å²) in [7, 11) is -1.18. The van der Waals surface area contributed by atoms with Crippen molar-refractivity contribution in [1.82, 2.24) is 19.5 Å². The molecule has 2 aromatic heterocycles. The number of carbonyl (C=O) groups excluding carboxylic acids is 1. The number of imidazole rings is 1. The van der Waals surface area contributed by atoms with Gasteiger partial charge in [0.1, 0.15) is 22.5 Å². The van der Waals surface area contributed by atoms with E-state index in [-0.39, 0.29) is 5.95 Å². The van der Waals surface area contributed by atoms with Crippen molar-refractivity contribution in [3.63, 3.8) is 0 Å². The van der Waals surface area contributed by atoms with E-state index in [1.54, 1.807) is 31.7 Å². The average Bonchev–Trinajstić information content (AvgIpc) is 2.97. The molecule has 0 bridgehead atoms. The number of hydroxylamine groups is 1. The molecule has 0 aromatic carbocycles. The van der Waals surface area contributed by atoms with Crippen molar-refractivity contribution in [2.24, 2.45) is 0 Å². The molecular weight excluding hydrogens is 482 g/mol. The van der Waals surface area contributed by atoms with E-state index in [1.165, 1.54) is 0 Å². The van der Waals surface area contributed by atoms with E-state index in [1.807, 2.05) is 20.8 Å². The second-order valence-corrected chi connectivity index (χ2v) is 16.9. The van der Waals surface area contributed by atoms with Gasteiger partial charge in [0.25, 0.3) is 5.95 Å². The number of carbonyl (C=O) groups is 1. The molecule has 0 aliphatic rings. The van der Waals surface area contributed by atoms with Gasteiger partial charge in [0.2, 0.25) is 0 Å². The van der Waals surface area contributed by atoms with Crippen LogP contribution in [0.4, 0.5) is 10.7 Å². The van der Waals surface area contributed by atoms with Crippen LogP contribution in [0.15, 0.2) is 10.9 Å². The van der Waals surface area contributed by atoms with E-state index in [0.29, 0.717) is 29.1 Å². The summed E-state index contributed by atoms with van der Waals surface area (Å²) in [6, 6.07) is 1.06. The lowest BCUT2D eigenvalue weighted by atomic mass is 10.2. The molecule has 174 valence electrons. The summed E-state index contributed by atoms with van der Waals surface area (Å²) in [5.74, 6) is 0.0485. The van der Waals surface area contributed by atoms with Crippen LogP contribution < -0.4 is 5.06 Å². The molecule has 0 saturated carbocycles. The summed E-state index contributed by atoms with van der Waals surface area (Å²) < 4.78 is 13.6. The highest BCUT2D eigenvalue weighted by Crippen LogP contribution is 2.26. The molecule has 0 atom stereocenters. The molecule has 2 aromatic rings. The van der Waals surface area contributed by atoms with Gasteiger partial charge in [-0.25, -0.2) is 14.8 Å². The Kier molecular flexibility index (Phi) is 7.89. The van der Waals surface area contributed by atoms with Crippen LogP contribution in [0.2, 0.25) is 25.7 Å². The summed E-state index contributed by atoms with van der Waals surface area (Å²) in [6.45, 7) is 18.7. The molecule has 9 nitrogen and oxygen atoms in total. The molecule has 0 aliphatic heterocycles. The molecule has 0 fully saturated rings. The maximum absolute atomic E-state index is 12.9. The van der Waals surface area contributed by atoms with Crippen LogP contribution in [0.3, 0.4) is 0 Å². The first-order valence-corrected chi connectivity index (χ1v) is 14.7. The van der Waals surface area contributed by atoms with Gasteiger partial charge in [-0.2, -0.15) is 4.98 Å². The van der Waals surface area contributed by atoms with Gasteiger partial charge in [-0.15, -0.1) is 5.06 Å². The van der Waals surface area contributed by atoms with Crippen molar-refractivity contribution < 1.29 is 19.1 Å². The molecule has 2 heterocycles. The molecule has 0 aliphatic carbocycles. The molecule has 0 unspecified atom stereocenters. The standard InChI is InChI=1S/C20H34BrN5O4Si/c1-19(2,3)29-18(27)26(30-20(4,5)6)17-23-15(21)14-16(24-17)25(12-22-14)13-28-10-11-31(7,8)9/h12H,10-11,13H2,1-9H3.